The van der Waals surface area contributed by atoms with Crippen molar-refractivity contribution in [1.82, 2.24) is 5.32 Å². The monoisotopic (exact) mass is 354 g/mol. The number of ether oxygens (including phenoxy) is 1. The molecule has 6 heteroatoms. The van der Waals surface area contributed by atoms with Crippen molar-refractivity contribution in [3.63, 3.8) is 0 Å². The number of aryl methyl sites for hydroxylation is 1. The molecule has 0 aliphatic carbocycles. The molecular formula is C19H18N2O3S. The van der Waals surface area contributed by atoms with Crippen molar-refractivity contribution < 1.29 is 14.3 Å². The predicted octanol–water partition coefficient (Wildman–Crippen LogP) is 3.17. The predicted molar refractivity (Wildman–Crippen MR) is 97.6 cm³/mol. The van der Waals surface area contributed by atoms with Crippen molar-refractivity contribution in [2.75, 3.05) is 13.2 Å². The third kappa shape index (κ3) is 5.90. The number of benzene rings is 1. The van der Waals surface area contributed by atoms with Crippen LogP contribution >= 0.6 is 11.3 Å². The van der Waals surface area contributed by atoms with Crippen LogP contribution in [0.3, 0.4) is 0 Å². The van der Waals surface area contributed by atoms with Gasteiger partial charge in [-0.3, -0.25) is 4.79 Å². The molecule has 0 unspecified atom stereocenters. The molecule has 0 fully saturated rings. The molecule has 0 saturated heterocycles. The Morgan fingerprint density at radius 2 is 2.16 bits per heavy atom. The summed E-state index contributed by atoms with van der Waals surface area (Å²) in [5.41, 5.74) is 2.38. The normalized spacial score (nSPS) is 10.8. The Morgan fingerprint density at radius 1 is 1.32 bits per heavy atom. The number of nitrogens with one attached hydrogen (secondary N) is 1. The zero-order chi connectivity index (χ0) is 18.1. The lowest BCUT2D eigenvalue weighted by Crippen LogP contribution is -2.29. The molecule has 2 rings (SSSR count). The minimum Gasteiger partial charge on any atom is -0.452 e. The van der Waals surface area contributed by atoms with Gasteiger partial charge in [-0.1, -0.05) is 35.9 Å². The van der Waals surface area contributed by atoms with Crippen LogP contribution in [-0.4, -0.2) is 25.0 Å². The minimum absolute atomic E-state index is 0.216. The molecule has 0 atom stereocenters. The van der Waals surface area contributed by atoms with Gasteiger partial charge in [-0.2, -0.15) is 5.26 Å². The fourth-order valence-electron chi connectivity index (χ4n) is 2.11. The lowest BCUT2D eigenvalue weighted by Gasteiger charge is -2.08. The number of carbonyl (C=O) groups excluding carboxylic acids is 2. The summed E-state index contributed by atoms with van der Waals surface area (Å²) in [6, 6.07) is 13.4. The second-order valence-electron chi connectivity index (χ2n) is 5.28. The Bertz CT molecular complexity index is 804. The van der Waals surface area contributed by atoms with Crippen molar-refractivity contribution in [2.24, 2.45) is 0 Å². The van der Waals surface area contributed by atoms with E-state index in [2.05, 4.69) is 5.32 Å². The van der Waals surface area contributed by atoms with Crippen molar-refractivity contribution in [3.8, 4) is 6.07 Å². The summed E-state index contributed by atoms with van der Waals surface area (Å²) in [4.78, 5) is 24.8. The second-order valence-corrected chi connectivity index (χ2v) is 6.23. The largest absolute Gasteiger partial charge is 0.452 e. The highest BCUT2D eigenvalue weighted by molar-refractivity contribution is 7.11. The van der Waals surface area contributed by atoms with E-state index in [1.54, 1.807) is 6.08 Å². The zero-order valence-electron chi connectivity index (χ0n) is 13.8. The third-order valence-corrected chi connectivity index (χ3v) is 4.16. The molecule has 1 heterocycles. The molecule has 2 aromatic rings. The quantitative estimate of drug-likeness (QED) is 0.470. The number of thiophene rings is 1. The van der Waals surface area contributed by atoms with E-state index in [-0.39, 0.29) is 19.6 Å². The van der Waals surface area contributed by atoms with E-state index in [0.717, 1.165) is 16.0 Å². The molecule has 5 nitrogen and oxygen atoms in total. The fourth-order valence-corrected chi connectivity index (χ4v) is 2.84. The van der Waals surface area contributed by atoms with Crippen LogP contribution in [0.25, 0.3) is 11.6 Å². The van der Waals surface area contributed by atoms with Gasteiger partial charge in [0.25, 0.3) is 5.91 Å². The van der Waals surface area contributed by atoms with E-state index < -0.39 is 11.9 Å². The number of nitrogens with zero attached hydrogens (tertiary/aromatic N) is 1. The molecule has 1 amide bonds. The van der Waals surface area contributed by atoms with Crippen LogP contribution in [0.4, 0.5) is 0 Å². The molecule has 0 aliphatic rings. The van der Waals surface area contributed by atoms with E-state index in [0.29, 0.717) is 5.57 Å². The molecule has 1 aromatic carbocycles. The van der Waals surface area contributed by atoms with Gasteiger partial charge in [-0.25, -0.2) is 4.79 Å². The summed E-state index contributed by atoms with van der Waals surface area (Å²) in [6.45, 7) is 1.84. The Labute approximate surface area is 150 Å². The summed E-state index contributed by atoms with van der Waals surface area (Å²) < 4.78 is 5.13. The first-order chi connectivity index (χ1) is 12.1. The zero-order valence-corrected chi connectivity index (χ0v) is 14.6. The van der Waals surface area contributed by atoms with Gasteiger partial charge in [0.2, 0.25) is 0 Å². The molecule has 1 N–H and O–H groups in total. The Balaban J connectivity index is 2.10. The average molecular weight is 354 g/mol. The van der Waals surface area contributed by atoms with Crippen LogP contribution in [0.2, 0.25) is 0 Å². The summed E-state index contributed by atoms with van der Waals surface area (Å²) in [5, 5.41) is 12.8. The van der Waals surface area contributed by atoms with Crippen molar-refractivity contribution in [1.29, 1.82) is 5.26 Å². The number of esters is 1. The second kappa shape index (κ2) is 9.40. The highest BCUT2D eigenvalue weighted by Gasteiger charge is 2.16. The van der Waals surface area contributed by atoms with Gasteiger partial charge < -0.3 is 10.1 Å². The Morgan fingerprint density at radius 3 is 2.84 bits per heavy atom. The van der Waals surface area contributed by atoms with Gasteiger partial charge >= 0.3 is 5.97 Å². The number of carbonyl (C=O) groups is 2. The van der Waals surface area contributed by atoms with Crippen molar-refractivity contribution in [2.45, 2.75) is 13.3 Å². The molecule has 0 radical (unpaired) electrons. The summed E-state index contributed by atoms with van der Waals surface area (Å²) in [7, 11) is 0. The maximum atomic E-state index is 12.4. The topological polar surface area (TPSA) is 79.2 Å². The number of amides is 1. The molecule has 0 bridgehead atoms. The molecule has 25 heavy (non-hydrogen) atoms. The molecular weight excluding hydrogens is 336 g/mol. The molecule has 1 aromatic heterocycles. The van der Waals surface area contributed by atoms with Gasteiger partial charge in [-0.15, -0.1) is 11.3 Å². The minimum atomic E-state index is -0.556. The molecule has 0 aliphatic heterocycles. The summed E-state index contributed by atoms with van der Waals surface area (Å²) in [6.07, 6.45) is 1.97. The van der Waals surface area contributed by atoms with E-state index in [4.69, 9.17) is 10.00 Å². The fraction of sp³-hybridized carbons (Fsp3) is 0.211. The summed E-state index contributed by atoms with van der Waals surface area (Å²) in [5.74, 6) is -0.982. The number of hydrogen-bond donors (Lipinski definition) is 1. The maximum Gasteiger partial charge on any atom is 0.340 e. The standard InChI is InChI=1S/C19H18N2O3S/c1-14-5-2-6-15(11-14)12-16(17-7-3-10-25-17)19(23)24-13-18(22)21-9-4-8-20/h2-3,5-7,10-12H,4,9,13H2,1H3,(H,21,22)/b16-12+. The maximum absolute atomic E-state index is 12.4. The lowest BCUT2D eigenvalue weighted by molar-refractivity contribution is -0.142. The van der Waals surface area contributed by atoms with Gasteiger partial charge in [0.15, 0.2) is 6.61 Å². The van der Waals surface area contributed by atoms with Gasteiger partial charge in [0.1, 0.15) is 0 Å². The van der Waals surface area contributed by atoms with Crippen LogP contribution in [0.5, 0.6) is 0 Å². The van der Waals surface area contributed by atoms with Crippen molar-refractivity contribution >= 4 is 34.9 Å². The van der Waals surface area contributed by atoms with Crippen LogP contribution in [0.15, 0.2) is 41.8 Å². The van der Waals surface area contributed by atoms with Gasteiger partial charge in [0.05, 0.1) is 18.1 Å². The highest BCUT2D eigenvalue weighted by atomic mass is 32.1. The van der Waals surface area contributed by atoms with Crippen LogP contribution in [-0.2, 0) is 14.3 Å². The third-order valence-electron chi connectivity index (χ3n) is 3.25. The number of hydrogen-bond acceptors (Lipinski definition) is 5. The van der Waals surface area contributed by atoms with E-state index >= 15 is 0 Å². The molecule has 128 valence electrons. The van der Waals surface area contributed by atoms with Crippen LogP contribution in [0, 0.1) is 18.3 Å². The average Bonchev–Trinajstić information content (AvgIpc) is 3.12. The van der Waals surface area contributed by atoms with Crippen LogP contribution in [0.1, 0.15) is 22.4 Å². The van der Waals surface area contributed by atoms with Gasteiger partial charge in [-0.05, 0) is 30.0 Å². The highest BCUT2D eigenvalue weighted by Crippen LogP contribution is 2.24. The molecule has 0 saturated carbocycles. The number of rotatable bonds is 7. The van der Waals surface area contributed by atoms with E-state index in [1.807, 2.05) is 54.8 Å². The first-order valence-corrected chi connectivity index (χ1v) is 8.61. The first-order valence-electron chi connectivity index (χ1n) is 7.73. The first kappa shape index (κ1) is 18.4. The van der Waals surface area contributed by atoms with Crippen molar-refractivity contribution in [3.05, 3.63) is 57.8 Å². The SMILES string of the molecule is Cc1cccc(/C=C(/C(=O)OCC(=O)NCCC#N)c2cccs2)c1. The Kier molecular flexibility index (Phi) is 6.93. The lowest BCUT2D eigenvalue weighted by atomic mass is 10.1. The smallest absolute Gasteiger partial charge is 0.340 e. The number of nitriles is 1. The van der Waals surface area contributed by atoms with E-state index in [1.165, 1.54) is 11.3 Å². The van der Waals surface area contributed by atoms with Crippen LogP contribution < -0.4 is 5.32 Å². The van der Waals surface area contributed by atoms with E-state index in [9.17, 15) is 9.59 Å². The summed E-state index contributed by atoms with van der Waals surface area (Å²) >= 11 is 1.43. The van der Waals surface area contributed by atoms with Gasteiger partial charge in [0, 0.05) is 11.4 Å². The molecule has 0 spiro atoms. The Hall–Kier alpha value is -2.91.